The second kappa shape index (κ2) is 5.87. The summed E-state index contributed by atoms with van der Waals surface area (Å²) < 4.78 is 0. The lowest BCUT2D eigenvalue weighted by molar-refractivity contribution is 0.0958. The number of fused-ring (bicyclic) bond motifs is 1. The van der Waals surface area contributed by atoms with Crippen molar-refractivity contribution in [3.8, 4) is 0 Å². The predicted octanol–water partition coefficient (Wildman–Crippen LogP) is 2.70. The summed E-state index contributed by atoms with van der Waals surface area (Å²) >= 11 is 5.50. The molecule has 17 heavy (non-hydrogen) atoms. The van der Waals surface area contributed by atoms with E-state index in [9.17, 15) is 4.79 Å². The number of aryl methyl sites for hydroxylation is 2. The van der Waals surface area contributed by atoms with E-state index in [1.807, 2.05) is 24.3 Å². The minimum atomic E-state index is -0.0149. The smallest absolute Gasteiger partial charge is 0.251 e. The molecule has 1 N–H and O–H groups in total. The van der Waals surface area contributed by atoms with E-state index in [2.05, 4.69) is 11.4 Å². The van der Waals surface area contributed by atoms with Gasteiger partial charge in [0, 0.05) is 18.0 Å². The molecule has 0 bridgehead atoms. The van der Waals surface area contributed by atoms with Crippen molar-refractivity contribution < 1.29 is 4.79 Å². The van der Waals surface area contributed by atoms with Crippen LogP contribution in [0.2, 0.25) is 0 Å². The first-order valence-electron chi connectivity index (χ1n) is 5.92. The van der Waals surface area contributed by atoms with Crippen molar-refractivity contribution in [1.82, 2.24) is 5.32 Å². The number of rotatable bonds is 4. The molecule has 0 saturated carbocycles. The number of benzene rings is 1. The largest absolute Gasteiger partial charge is 0.349 e. The van der Waals surface area contributed by atoms with E-state index in [0.717, 1.165) is 18.4 Å². The van der Waals surface area contributed by atoms with Crippen molar-refractivity contribution in [2.45, 2.75) is 19.3 Å². The van der Waals surface area contributed by atoms with E-state index in [1.165, 1.54) is 17.5 Å². The Kier molecular flexibility index (Phi) is 4.21. The summed E-state index contributed by atoms with van der Waals surface area (Å²) in [5.41, 5.74) is 3.47. The van der Waals surface area contributed by atoms with E-state index in [0.29, 0.717) is 12.4 Å². The Morgan fingerprint density at radius 3 is 2.94 bits per heavy atom. The molecule has 1 aromatic carbocycles. The molecule has 0 aromatic heterocycles. The minimum absolute atomic E-state index is 0.0149. The first-order valence-corrected chi connectivity index (χ1v) is 6.45. The highest BCUT2D eigenvalue weighted by Gasteiger charge is 2.13. The molecule has 0 aliphatic heterocycles. The lowest BCUT2D eigenvalue weighted by Gasteiger charge is -2.05. The van der Waals surface area contributed by atoms with Gasteiger partial charge in [-0.3, -0.25) is 4.79 Å². The highest BCUT2D eigenvalue weighted by Crippen LogP contribution is 2.22. The molecule has 1 aromatic rings. The molecular weight excluding hydrogens is 234 g/mol. The number of alkyl halides is 1. The molecule has 0 unspecified atom stereocenters. The maximum atomic E-state index is 11.8. The predicted molar refractivity (Wildman–Crippen MR) is 70.7 cm³/mol. The molecular formula is C14H16ClNO. The van der Waals surface area contributed by atoms with E-state index in [4.69, 9.17) is 11.6 Å². The number of allylic oxidation sites excluding steroid dienone is 1. The van der Waals surface area contributed by atoms with Gasteiger partial charge in [-0.1, -0.05) is 18.2 Å². The Balaban J connectivity index is 1.97. The Labute approximate surface area is 107 Å². The van der Waals surface area contributed by atoms with Crippen LogP contribution in [0.4, 0.5) is 0 Å². The summed E-state index contributed by atoms with van der Waals surface area (Å²) in [6.07, 6.45) is 7.14. The van der Waals surface area contributed by atoms with Gasteiger partial charge in [0.2, 0.25) is 0 Å². The second-order valence-corrected chi connectivity index (χ2v) is 4.48. The standard InChI is InChI=1S/C14H16ClNO/c15-8-1-2-9-16-14(17)13-7-6-11-4-3-5-12(11)10-13/h1-2,6-7,10H,3-5,8-9H2,(H,16,17)/b2-1+. The Morgan fingerprint density at radius 1 is 1.29 bits per heavy atom. The van der Waals surface area contributed by atoms with Crippen LogP contribution >= 0.6 is 11.6 Å². The van der Waals surface area contributed by atoms with E-state index < -0.39 is 0 Å². The van der Waals surface area contributed by atoms with Gasteiger partial charge in [-0.05, 0) is 42.5 Å². The highest BCUT2D eigenvalue weighted by atomic mass is 35.5. The van der Waals surface area contributed by atoms with Crippen LogP contribution in [0, 0.1) is 0 Å². The van der Waals surface area contributed by atoms with Gasteiger partial charge in [0.1, 0.15) is 0 Å². The minimum Gasteiger partial charge on any atom is -0.349 e. The number of halogens is 1. The zero-order valence-electron chi connectivity index (χ0n) is 9.71. The van der Waals surface area contributed by atoms with E-state index >= 15 is 0 Å². The van der Waals surface area contributed by atoms with E-state index in [1.54, 1.807) is 0 Å². The summed E-state index contributed by atoms with van der Waals surface area (Å²) in [5.74, 6) is 0.466. The third-order valence-electron chi connectivity index (χ3n) is 3.00. The molecule has 1 aliphatic rings. The Bertz CT molecular complexity index is 440. The van der Waals surface area contributed by atoms with Crippen molar-refractivity contribution in [3.63, 3.8) is 0 Å². The quantitative estimate of drug-likeness (QED) is 0.645. The molecule has 90 valence electrons. The third kappa shape index (κ3) is 3.10. The number of hydrogen-bond acceptors (Lipinski definition) is 1. The number of carbonyl (C=O) groups is 1. The van der Waals surface area contributed by atoms with Crippen LogP contribution in [0.3, 0.4) is 0 Å². The van der Waals surface area contributed by atoms with Gasteiger partial charge in [-0.25, -0.2) is 0 Å². The van der Waals surface area contributed by atoms with Crippen LogP contribution in [-0.4, -0.2) is 18.3 Å². The summed E-state index contributed by atoms with van der Waals surface area (Å²) in [6, 6.07) is 6.00. The monoisotopic (exact) mass is 249 g/mol. The number of carbonyl (C=O) groups excluding carboxylic acids is 1. The number of amides is 1. The van der Waals surface area contributed by atoms with Gasteiger partial charge < -0.3 is 5.32 Å². The fourth-order valence-corrected chi connectivity index (χ4v) is 2.24. The number of nitrogens with one attached hydrogen (secondary N) is 1. The third-order valence-corrected chi connectivity index (χ3v) is 3.18. The first kappa shape index (κ1) is 12.2. The molecule has 0 radical (unpaired) electrons. The molecule has 2 rings (SSSR count). The van der Waals surface area contributed by atoms with Gasteiger partial charge in [-0.2, -0.15) is 0 Å². The zero-order valence-corrected chi connectivity index (χ0v) is 10.5. The molecule has 0 atom stereocenters. The average Bonchev–Trinajstić information content (AvgIpc) is 2.81. The summed E-state index contributed by atoms with van der Waals surface area (Å²) in [7, 11) is 0. The molecule has 0 heterocycles. The first-order chi connectivity index (χ1) is 8.31. The maximum Gasteiger partial charge on any atom is 0.251 e. The molecule has 0 fully saturated rings. The van der Waals surface area contributed by atoms with Crippen LogP contribution in [0.5, 0.6) is 0 Å². The maximum absolute atomic E-state index is 11.8. The molecule has 1 amide bonds. The fourth-order valence-electron chi connectivity index (χ4n) is 2.11. The Hall–Kier alpha value is -1.28. The van der Waals surface area contributed by atoms with Gasteiger partial charge in [0.05, 0.1) is 0 Å². The van der Waals surface area contributed by atoms with Crippen molar-refractivity contribution in [1.29, 1.82) is 0 Å². The highest BCUT2D eigenvalue weighted by molar-refractivity contribution is 6.18. The molecule has 2 nitrogen and oxygen atoms in total. The van der Waals surface area contributed by atoms with Gasteiger partial charge in [0.15, 0.2) is 0 Å². The summed E-state index contributed by atoms with van der Waals surface area (Å²) in [5, 5.41) is 2.84. The second-order valence-electron chi connectivity index (χ2n) is 4.17. The van der Waals surface area contributed by atoms with Gasteiger partial charge in [0.25, 0.3) is 5.91 Å². The van der Waals surface area contributed by atoms with E-state index in [-0.39, 0.29) is 5.91 Å². The average molecular weight is 250 g/mol. The summed E-state index contributed by atoms with van der Waals surface area (Å²) in [6.45, 7) is 0.530. The molecule has 3 heteroatoms. The molecule has 0 saturated heterocycles. The van der Waals surface area contributed by atoms with Crippen LogP contribution < -0.4 is 5.32 Å². The lowest BCUT2D eigenvalue weighted by Crippen LogP contribution is -2.23. The van der Waals surface area contributed by atoms with Crippen LogP contribution in [-0.2, 0) is 12.8 Å². The zero-order chi connectivity index (χ0) is 12.1. The van der Waals surface area contributed by atoms with Crippen molar-refractivity contribution in [3.05, 3.63) is 47.0 Å². The SMILES string of the molecule is O=C(NC/C=C/CCl)c1ccc2c(c1)CCC2. The van der Waals surface area contributed by atoms with Crippen molar-refractivity contribution in [2.75, 3.05) is 12.4 Å². The molecule has 0 spiro atoms. The molecule has 1 aliphatic carbocycles. The normalized spacial score (nSPS) is 13.9. The van der Waals surface area contributed by atoms with Crippen molar-refractivity contribution in [2.24, 2.45) is 0 Å². The van der Waals surface area contributed by atoms with Crippen LogP contribution in [0.25, 0.3) is 0 Å². The summed E-state index contributed by atoms with van der Waals surface area (Å²) in [4.78, 5) is 11.8. The fraction of sp³-hybridized carbons (Fsp3) is 0.357. The van der Waals surface area contributed by atoms with Crippen LogP contribution in [0.1, 0.15) is 27.9 Å². The van der Waals surface area contributed by atoms with Crippen molar-refractivity contribution >= 4 is 17.5 Å². The number of hydrogen-bond donors (Lipinski definition) is 1. The topological polar surface area (TPSA) is 29.1 Å². The Morgan fingerprint density at radius 2 is 2.12 bits per heavy atom. The van der Waals surface area contributed by atoms with Gasteiger partial charge >= 0.3 is 0 Å². The van der Waals surface area contributed by atoms with Gasteiger partial charge in [-0.15, -0.1) is 11.6 Å². The lowest BCUT2D eigenvalue weighted by atomic mass is 10.1. The van der Waals surface area contributed by atoms with Crippen LogP contribution in [0.15, 0.2) is 30.4 Å².